The minimum absolute atomic E-state index is 0.216. The van der Waals surface area contributed by atoms with Gasteiger partial charge in [0.2, 0.25) is 5.91 Å². The third kappa shape index (κ3) is 3.17. The van der Waals surface area contributed by atoms with E-state index in [0.29, 0.717) is 25.3 Å². The van der Waals surface area contributed by atoms with Gasteiger partial charge in [0.15, 0.2) is 0 Å². The molecule has 1 aromatic rings. The Balaban J connectivity index is 1.58. The Kier molecular flexibility index (Phi) is 4.62. The Morgan fingerprint density at radius 1 is 1.42 bits per heavy atom. The monoisotopic (exact) mass is 349 g/mol. The molecule has 1 saturated carbocycles. The van der Waals surface area contributed by atoms with E-state index in [9.17, 15) is 14.4 Å². The molecule has 1 spiro atoms. The summed E-state index contributed by atoms with van der Waals surface area (Å²) in [5.41, 5.74) is 0.347. The van der Waals surface area contributed by atoms with Gasteiger partial charge < -0.3 is 10.6 Å². The Labute approximate surface area is 145 Å². The molecule has 4 amide bonds. The Hall–Kier alpha value is -1.89. The highest BCUT2D eigenvalue weighted by atomic mass is 32.1. The van der Waals surface area contributed by atoms with Gasteiger partial charge in [-0.05, 0) is 55.5 Å². The van der Waals surface area contributed by atoms with Crippen molar-refractivity contribution in [3.63, 3.8) is 0 Å². The van der Waals surface area contributed by atoms with E-state index >= 15 is 0 Å². The van der Waals surface area contributed by atoms with E-state index < -0.39 is 11.6 Å². The number of hydrogen-bond donors (Lipinski definition) is 2. The molecule has 0 atom stereocenters. The van der Waals surface area contributed by atoms with Crippen molar-refractivity contribution in [2.24, 2.45) is 5.92 Å². The summed E-state index contributed by atoms with van der Waals surface area (Å²) in [6.45, 7) is 4.36. The van der Waals surface area contributed by atoms with Crippen LogP contribution < -0.4 is 10.6 Å². The molecule has 2 aliphatic rings. The first-order chi connectivity index (χ1) is 11.4. The van der Waals surface area contributed by atoms with Crippen molar-refractivity contribution in [1.29, 1.82) is 0 Å². The molecular weight excluding hydrogens is 326 g/mol. The molecule has 6 nitrogen and oxygen atoms in total. The maximum absolute atomic E-state index is 12.7. The fourth-order valence-corrected chi connectivity index (χ4v) is 4.22. The molecule has 0 aromatic carbocycles. The minimum Gasteiger partial charge on any atom is -0.350 e. The van der Waals surface area contributed by atoms with Gasteiger partial charge in [-0.25, -0.2) is 4.79 Å². The molecular formula is C17H23N3O3S. The van der Waals surface area contributed by atoms with Crippen molar-refractivity contribution in [2.45, 2.75) is 51.6 Å². The zero-order valence-electron chi connectivity index (χ0n) is 14.1. The van der Waals surface area contributed by atoms with Crippen LogP contribution in [-0.4, -0.2) is 34.8 Å². The predicted octanol–water partition coefficient (Wildman–Crippen LogP) is 2.17. The van der Waals surface area contributed by atoms with Gasteiger partial charge >= 0.3 is 6.03 Å². The quantitative estimate of drug-likeness (QED) is 0.818. The predicted molar refractivity (Wildman–Crippen MR) is 91.5 cm³/mol. The van der Waals surface area contributed by atoms with Crippen LogP contribution in [0.3, 0.4) is 0 Å². The molecule has 2 heterocycles. The maximum Gasteiger partial charge on any atom is 0.325 e. The number of thiophene rings is 1. The molecule has 0 radical (unpaired) electrons. The maximum atomic E-state index is 12.7. The second-order valence-electron chi connectivity index (χ2n) is 6.89. The largest absolute Gasteiger partial charge is 0.350 e. The number of hydrogen-bond acceptors (Lipinski definition) is 4. The van der Waals surface area contributed by atoms with Crippen LogP contribution in [0.1, 0.15) is 43.0 Å². The number of carbonyl (C=O) groups excluding carboxylic acids is 3. The van der Waals surface area contributed by atoms with Crippen LogP contribution in [0.15, 0.2) is 11.4 Å². The van der Waals surface area contributed by atoms with Gasteiger partial charge in [-0.2, -0.15) is 0 Å². The average molecular weight is 349 g/mol. The summed E-state index contributed by atoms with van der Waals surface area (Å²) in [4.78, 5) is 39.1. The first-order valence-electron chi connectivity index (χ1n) is 8.35. The SMILES string of the molecule is Cc1ccsc1CNC(=O)CN1C(=O)NC2(CCC(C)CC2)C1=O. The van der Waals surface area contributed by atoms with Crippen LogP contribution in [0.25, 0.3) is 0 Å². The molecule has 1 saturated heterocycles. The van der Waals surface area contributed by atoms with Crippen molar-refractivity contribution in [3.8, 4) is 0 Å². The van der Waals surface area contributed by atoms with E-state index in [1.807, 2.05) is 18.4 Å². The van der Waals surface area contributed by atoms with Crippen molar-refractivity contribution in [2.75, 3.05) is 6.54 Å². The fraction of sp³-hybridized carbons (Fsp3) is 0.588. The van der Waals surface area contributed by atoms with Crippen LogP contribution in [0.2, 0.25) is 0 Å². The highest BCUT2D eigenvalue weighted by Gasteiger charge is 2.52. The molecule has 0 bridgehead atoms. The van der Waals surface area contributed by atoms with Crippen molar-refractivity contribution >= 4 is 29.2 Å². The number of nitrogens with one attached hydrogen (secondary N) is 2. The molecule has 2 fully saturated rings. The number of imide groups is 1. The molecule has 1 aliphatic heterocycles. The van der Waals surface area contributed by atoms with Crippen LogP contribution in [0, 0.1) is 12.8 Å². The van der Waals surface area contributed by atoms with Crippen molar-refractivity contribution < 1.29 is 14.4 Å². The standard InChI is InChI=1S/C17H23N3O3S/c1-11-3-6-17(7-4-11)15(22)20(16(23)19-17)10-14(21)18-9-13-12(2)5-8-24-13/h5,8,11H,3-4,6-7,9-10H2,1-2H3,(H,18,21)(H,19,23). The van der Waals surface area contributed by atoms with E-state index in [0.717, 1.165) is 28.2 Å². The molecule has 130 valence electrons. The smallest absolute Gasteiger partial charge is 0.325 e. The lowest BCUT2D eigenvalue weighted by Crippen LogP contribution is -2.49. The number of carbonyl (C=O) groups is 3. The third-order valence-electron chi connectivity index (χ3n) is 5.09. The summed E-state index contributed by atoms with van der Waals surface area (Å²) in [6, 6.07) is 1.55. The molecule has 7 heteroatoms. The zero-order chi connectivity index (χ0) is 17.3. The summed E-state index contributed by atoms with van der Waals surface area (Å²) in [6.07, 6.45) is 3.16. The van der Waals surface area contributed by atoms with Gasteiger partial charge in [-0.15, -0.1) is 11.3 Å². The first-order valence-corrected chi connectivity index (χ1v) is 9.23. The molecule has 1 aromatic heterocycles. The number of rotatable bonds is 4. The first kappa shape index (κ1) is 17.0. The van der Waals surface area contributed by atoms with E-state index in [1.165, 1.54) is 0 Å². The molecule has 0 unspecified atom stereocenters. The van der Waals surface area contributed by atoms with Crippen LogP contribution in [-0.2, 0) is 16.1 Å². The zero-order valence-corrected chi connectivity index (χ0v) is 14.9. The Bertz CT molecular complexity index is 662. The highest BCUT2D eigenvalue weighted by Crippen LogP contribution is 2.36. The normalized spacial score (nSPS) is 26.8. The summed E-state index contributed by atoms with van der Waals surface area (Å²) < 4.78 is 0. The number of amides is 4. The van der Waals surface area contributed by atoms with Crippen LogP contribution in [0.4, 0.5) is 4.79 Å². The molecule has 24 heavy (non-hydrogen) atoms. The van der Waals surface area contributed by atoms with Crippen LogP contribution in [0.5, 0.6) is 0 Å². The fourth-order valence-electron chi connectivity index (χ4n) is 3.38. The molecule has 3 rings (SSSR count). The van der Waals surface area contributed by atoms with Crippen LogP contribution >= 0.6 is 11.3 Å². The second-order valence-corrected chi connectivity index (χ2v) is 7.89. The molecule has 1 aliphatic carbocycles. The van der Waals surface area contributed by atoms with Gasteiger partial charge in [0.25, 0.3) is 5.91 Å². The summed E-state index contributed by atoms with van der Waals surface area (Å²) >= 11 is 1.58. The minimum atomic E-state index is -0.784. The van der Waals surface area contributed by atoms with E-state index in [-0.39, 0.29) is 18.4 Å². The topological polar surface area (TPSA) is 78.5 Å². The van der Waals surface area contributed by atoms with E-state index in [4.69, 9.17) is 0 Å². The van der Waals surface area contributed by atoms with Gasteiger partial charge in [-0.3, -0.25) is 14.5 Å². The number of nitrogens with zero attached hydrogens (tertiary/aromatic N) is 1. The second kappa shape index (κ2) is 6.55. The van der Waals surface area contributed by atoms with Gasteiger partial charge in [0, 0.05) is 4.88 Å². The Morgan fingerprint density at radius 2 is 2.12 bits per heavy atom. The number of aryl methyl sites for hydroxylation is 1. The third-order valence-corrected chi connectivity index (χ3v) is 6.11. The summed E-state index contributed by atoms with van der Waals surface area (Å²) in [7, 11) is 0. The van der Waals surface area contributed by atoms with Crippen molar-refractivity contribution in [3.05, 3.63) is 21.9 Å². The van der Waals surface area contributed by atoms with E-state index in [2.05, 4.69) is 17.6 Å². The highest BCUT2D eigenvalue weighted by molar-refractivity contribution is 7.10. The van der Waals surface area contributed by atoms with Crippen molar-refractivity contribution in [1.82, 2.24) is 15.5 Å². The van der Waals surface area contributed by atoms with Gasteiger partial charge in [0.1, 0.15) is 12.1 Å². The number of urea groups is 1. The van der Waals surface area contributed by atoms with Gasteiger partial charge in [0.05, 0.1) is 6.54 Å². The average Bonchev–Trinajstić information content (AvgIpc) is 3.05. The summed E-state index contributed by atoms with van der Waals surface area (Å²) in [5.74, 6) is 0.0149. The molecule has 2 N–H and O–H groups in total. The lowest BCUT2D eigenvalue weighted by atomic mass is 9.77. The van der Waals surface area contributed by atoms with Gasteiger partial charge in [-0.1, -0.05) is 6.92 Å². The Morgan fingerprint density at radius 3 is 2.75 bits per heavy atom. The summed E-state index contributed by atoms with van der Waals surface area (Å²) in [5, 5.41) is 7.60. The lowest BCUT2D eigenvalue weighted by molar-refractivity contribution is -0.136. The van der Waals surface area contributed by atoms with E-state index in [1.54, 1.807) is 11.3 Å². The lowest BCUT2D eigenvalue weighted by Gasteiger charge is -2.33.